The fraction of sp³-hybridized carbons (Fsp3) is 0.960. The van der Waals surface area contributed by atoms with E-state index in [1.165, 1.54) is 19.3 Å². The number of hydrogen-bond acceptors (Lipinski definition) is 7. The molecule has 3 saturated heterocycles. The largest absolute Gasteiger partial charge is 0.444 e. The van der Waals surface area contributed by atoms with E-state index in [4.69, 9.17) is 14.3 Å². The summed E-state index contributed by atoms with van der Waals surface area (Å²) in [6.45, 7) is 16.1. The molecule has 3 heterocycles. The van der Waals surface area contributed by atoms with Gasteiger partial charge in [0.25, 0.3) is 0 Å². The standard InChI is InChI=1S/C25H46N4O4/c1-16-7-8-20(13-21(16)29-14-17(2)31-18(3)15-29)23-26-22(27-33-23)19-9-11-28(12-10-19)24(30)32-25(4,5)6/h16-23,26-27H,7-15H2,1-6H3. The molecule has 2 N–H and O–H groups in total. The lowest BCUT2D eigenvalue weighted by Crippen LogP contribution is -2.55. The van der Waals surface area contributed by atoms with E-state index in [1.807, 2.05) is 25.7 Å². The molecule has 4 aliphatic rings. The molecular formula is C25H46N4O4. The van der Waals surface area contributed by atoms with E-state index >= 15 is 0 Å². The summed E-state index contributed by atoms with van der Waals surface area (Å²) >= 11 is 0. The number of piperidine rings is 1. The Balaban J connectivity index is 1.26. The number of amides is 1. The van der Waals surface area contributed by atoms with Gasteiger partial charge in [0.1, 0.15) is 11.8 Å². The van der Waals surface area contributed by atoms with Gasteiger partial charge in [0.2, 0.25) is 0 Å². The molecule has 8 nitrogen and oxygen atoms in total. The summed E-state index contributed by atoms with van der Waals surface area (Å²) in [5, 5.41) is 3.76. The number of nitrogens with zero attached hydrogens (tertiary/aromatic N) is 2. The molecule has 3 aliphatic heterocycles. The molecule has 4 rings (SSSR count). The minimum Gasteiger partial charge on any atom is -0.444 e. The zero-order valence-corrected chi connectivity index (χ0v) is 21.5. The quantitative estimate of drug-likeness (QED) is 0.661. The van der Waals surface area contributed by atoms with E-state index < -0.39 is 5.60 Å². The van der Waals surface area contributed by atoms with Crippen LogP contribution in [0.25, 0.3) is 0 Å². The Bertz CT molecular complexity index is 653. The van der Waals surface area contributed by atoms with Gasteiger partial charge in [-0.25, -0.2) is 4.79 Å². The summed E-state index contributed by atoms with van der Waals surface area (Å²) < 4.78 is 11.5. The first-order valence-electron chi connectivity index (χ1n) is 13.1. The Kier molecular flexibility index (Phi) is 7.90. The van der Waals surface area contributed by atoms with Crippen molar-refractivity contribution >= 4 is 6.09 Å². The number of nitrogens with one attached hydrogen (secondary N) is 2. The maximum atomic E-state index is 12.4. The van der Waals surface area contributed by atoms with E-state index in [1.54, 1.807) is 0 Å². The highest BCUT2D eigenvalue weighted by Gasteiger charge is 2.42. The number of hydrogen-bond donors (Lipinski definition) is 2. The monoisotopic (exact) mass is 466 g/mol. The average molecular weight is 467 g/mol. The van der Waals surface area contributed by atoms with Crippen LogP contribution in [0.4, 0.5) is 4.79 Å². The third kappa shape index (κ3) is 6.40. The van der Waals surface area contributed by atoms with E-state index in [2.05, 4.69) is 36.5 Å². The second-order valence-electron chi connectivity index (χ2n) is 11.9. The minimum atomic E-state index is -0.448. The molecule has 7 atom stereocenters. The highest BCUT2D eigenvalue weighted by molar-refractivity contribution is 5.68. The van der Waals surface area contributed by atoms with Crippen molar-refractivity contribution in [2.45, 2.75) is 110 Å². The molecule has 0 aromatic heterocycles. The predicted octanol–water partition coefficient (Wildman–Crippen LogP) is 3.32. The fourth-order valence-electron chi connectivity index (χ4n) is 6.20. The van der Waals surface area contributed by atoms with E-state index in [0.29, 0.717) is 36.0 Å². The van der Waals surface area contributed by atoms with Gasteiger partial charge in [-0.05, 0) is 78.6 Å². The smallest absolute Gasteiger partial charge is 0.410 e. The van der Waals surface area contributed by atoms with Gasteiger partial charge in [0.05, 0.1) is 18.4 Å². The van der Waals surface area contributed by atoms with Crippen LogP contribution in [0.15, 0.2) is 0 Å². The predicted molar refractivity (Wildman–Crippen MR) is 127 cm³/mol. The number of hydroxylamine groups is 1. The van der Waals surface area contributed by atoms with E-state index in [-0.39, 0.29) is 18.5 Å². The average Bonchev–Trinajstić information content (AvgIpc) is 3.22. The van der Waals surface area contributed by atoms with Crippen molar-refractivity contribution in [2.75, 3.05) is 26.2 Å². The van der Waals surface area contributed by atoms with Gasteiger partial charge in [0, 0.05) is 38.1 Å². The molecule has 0 aromatic carbocycles. The first-order valence-corrected chi connectivity index (χ1v) is 13.1. The third-order valence-corrected chi connectivity index (χ3v) is 7.87. The van der Waals surface area contributed by atoms with Gasteiger partial charge in [-0.3, -0.25) is 15.1 Å². The second-order valence-corrected chi connectivity index (χ2v) is 11.9. The van der Waals surface area contributed by atoms with Crippen molar-refractivity contribution in [3.63, 3.8) is 0 Å². The molecule has 33 heavy (non-hydrogen) atoms. The van der Waals surface area contributed by atoms with Gasteiger partial charge in [-0.2, -0.15) is 5.48 Å². The summed E-state index contributed by atoms with van der Waals surface area (Å²) in [6, 6.07) is 0.596. The van der Waals surface area contributed by atoms with Gasteiger partial charge in [-0.15, -0.1) is 0 Å². The molecule has 7 unspecified atom stereocenters. The van der Waals surface area contributed by atoms with Crippen molar-refractivity contribution < 1.29 is 19.1 Å². The SMILES string of the molecule is CC1CN(C2CC(C3NC(C4CCN(C(=O)OC(C)(C)C)CC4)NO3)CCC2C)CC(C)O1. The lowest BCUT2D eigenvalue weighted by atomic mass is 9.77. The summed E-state index contributed by atoms with van der Waals surface area (Å²) in [5.74, 6) is 1.67. The number of carbonyl (C=O) groups is 1. The fourth-order valence-corrected chi connectivity index (χ4v) is 6.20. The van der Waals surface area contributed by atoms with Crippen LogP contribution in [0.2, 0.25) is 0 Å². The van der Waals surface area contributed by atoms with E-state index in [0.717, 1.165) is 39.0 Å². The Hall–Kier alpha value is -0.930. The Morgan fingerprint density at radius 3 is 2.27 bits per heavy atom. The van der Waals surface area contributed by atoms with Gasteiger partial charge >= 0.3 is 6.09 Å². The third-order valence-electron chi connectivity index (χ3n) is 7.87. The molecule has 0 aromatic rings. The second kappa shape index (κ2) is 10.4. The number of rotatable bonds is 3. The van der Waals surface area contributed by atoms with Gasteiger partial charge in [-0.1, -0.05) is 6.92 Å². The number of ether oxygens (including phenoxy) is 2. The highest BCUT2D eigenvalue weighted by atomic mass is 16.7. The van der Waals surface area contributed by atoms with Crippen LogP contribution in [0.3, 0.4) is 0 Å². The minimum absolute atomic E-state index is 0.0600. The molecule has 190 valence electrons. The van der Waals surface area contributed by atoms with Crippen LogP contribution >= 0.6 is 0 Å². The van der Waals surface area contributed by atoms with Crippen molar-refractivity contribution in [3.8, 4) is 0 Å². The van der Waals surface area contributed by atoms with Crippen LogP contribution in [-0.4, -0.2) is 78.3 Å². The van der Waals surface area contributed by atoms with Crippen molar-refractivity contribution in [1.82, 2.24) is 20.6 Å². The zero-order valence-electron chi connectivity index (χ0n) is 21.5. The van der Waals surface area contributed by atoms with Crippen LogP contribution < -0.4 is 10.8 Å². The normalized spacial score (nSPS) is 39.6. The lowest BCUT2D eigenvalue weighted by molar-refractivity contribution is -0.101. The first-order chi connectivity index (χ1) is 15.6. The first kappa shape index (κ1) is 25.2. The molecule has 0 bridgehead atoms. The number of likely N-dealkylation sites (tertiary alicyclic amines) is 1. The van der Waals surface area contributed by atoms with Crippen LogP contribution in [0.5, 0.6) is 0 Å². The van der Waals surface area contributed by atoms with Crippen LogP contribution in [-0.2, 0) is 14.3 Å². The summed E-state index contributed by atoms with van der Waals surface area (Å²) in [7, 11) is 0. The van der Waals surface area contributed by atoms with Crippen LogP contribution in [0, 0.1) is 17.8 Å². The van der Waals surface area contributed by atoms with Crippen molar-refractivity contribution in [2.24, 2.45) is 17.8 Å². The van der Waals surface area contributed by atoms with Gasteiger partial charge < -0.3 is 14.4 Å². The molecule has 1 saturated carbocycles. The topological polar surface area (TPSA) is 75.3 Å². The maximum absolute atomic E-state index is 12.4. The van der Waals surface area contributed by atoms with Crippen molar-refractivity contribution in [1.29, 1.82) is 0 Å². The number of carbonyl (C=O) groups excluding carboxylic acids is 1. The van der Waals surface area contributed by atoms with Crippen LogP contribution in [0.1, 0.15) is 73.6 Å². The molecule has 1 aliphatic carbocycles. The highest BCUT2D eigenvalue weighted by Crippen LogP contribution is 2.37. The number of morpholine rings is 1. The van der Waals surface area contributed by atoms with Crippen molar-refractivity contribution in [3.05, 3.63) is 0 Å². The molecule has 4 fully saturated rings. The zero-order chi connectivity index (χ0) is 23.8. The Morgan fingerprint density at radius 1 is 0.970 bits per heavy atom. The maximum Gasteiger partial charge on any atom is 0.410 e. The van der Waals surface area contributed by atoms with Gasteiger partial charge in [0.15, 0.2) is 0 Å². The summed E-state index contributed by atoms with van der Waals surface area (Å²) in [5.41, 5.74) is 2.85. The molecule has 0 radical (unpaired) electrons. The molecule has 8 heteroatoms. The molecular weight excluding hydrogens is 420 g/mol. The molecule has 1 amide bonds. The molecule has 0 spiro atoms. The Labute approximate surface area is 200 Å². The summed E-state index contributed by atoms with van der Waals surface area (Å²) in [4.78, 5) is 23.0. The lowest BCUT2D eigenvalue weighted by Gasteiger charge is -2.46. The summed E-state index contributed by atoms with van der Waals surface area (Å²) in [6.07, 6.45) is 6.15. The Morgan fingerprint density at radius 2 is 1.64 bits per heavy atom. The van der Waals surface area contributed by atoms with E-state index in [9.17, 15) is 4.79 Å².